The number of hydrogen-bond donors (Lipinski definition) is 3. The fourth-order valence-electron chi connectivity index (χ4n) is 1.04. The van der Waals surface area contributed by atoms with Crippen LogP contribution >= 0.6 is 11.6 Å². The molecule has 1 aliphatic rings. The quantitative estimate of drug-likeness (QED) is 0.624. The molecular formula is C9H19ClN4. The van der Waals surface area contributed by atoms with E-state index >= 15 is 0 Å². The number of rotatable bonds is 2. The first-order chi connectivity index (χ1) is 5.93. The van der Waals surface area contributed by atoms with E-state index in [4.69, 9.17) is 11.6 Å². The highest BCUT2D eigenvalue weighted by atomic mass is 35.5. The van der Waals surface area contributed by atoms with E-state index in [0.717, 1.165) is 33.2 Å². The third-order valence-electron chi connectivity index (χ3n) is 1.62. The van der Waals surface area contributed by atoms with Crippen molar-refractivity contribution in [2.24, 2.45) is 0 Å². The molecule has 0 aromatic heterocycles. The van der Waals surface area contributed by atoms with Crippen LogP contribution in [-0.2, 0) is 0 Å². The van der Waals surface area contributed by atoms with E-state index in [0.29, 0.717) is 0 Å². The number of nitrogens with zero attached hydrogens (tertiary/aromatic N) is 1. The second-order valence-electron chi connectivity index (χ2n) is 2.63. The van der Waals surface area contributed by atoms with Gasteiger partial charge in [0.1, 0.15) is 0 Å². The largest absolute Gasteiger partial charge is 0.292 e. The summed E-state index contributed by atoms with van der Waals surface area (Å²) in [7, 11) is 0. The predicted molar refractivity (Wildman–Crippen MR) is 61.3 cm³/mol. The lowest BCUT2D eigenvalue weighted by atomic mass is 10.5. The average Bonchev–Trinajstić information content (AvgIpc) is 2.02. The van der Waals surface area contributed by atoms with Gasteiger partial charge in [0.2, 0.25) is 0 Å². The lowest BCUT2D eigenvalue weighted by Crippen LogP contribution is -2.49. The molecule has 1 heterocycles. The van der Waals surface area contributed by atoms with Gasteiger partial charge in [-0.3, -0.25) is 20.9 Å². The van der Waals surface area contributed by atoms with Crippen LogP contribution in [0.1, 0.15) is 0 Å². The standard InChI is InChI=1S/C7H15ClN4.2CH2/c8-2-1-3-12-6-10-4-9-5-11-7-12;;/h1-2,9-11H,3-7H2;2*1H2. The normalized spacial score (nSPS) is 19.2. The molecule has 1 rings (SSSR count). The third-order valence-corrected chi connectivity index (χ3v) is 1.80. The Morgan fingerprint density at radius 3 is 2.14 bits per heavy atom. The van der Waals surface area contributed by atoms with Crippen molar-refractivity contribution in [2.75, 3.05) is 33.2 Å². The van der Waals surface area contributed by atoms with E-state index in [9.17, 15) is 0 Å². The van der Waals surface area contributed by atoms with Crippen LogP contribution in [0, 0.1) is 14.9 Å². The predicted octanol–water partition coefficient (Wildman–Crippen LogP) is 0.308. The van der Waals surface area contributed by atoms with Crippen molar-refractivity contribution in [3.8, 4) is 0 Å². The summed E-state index contributed by atoms with van der Waals surface area (Å²) in [5.74, 6) is 0. The second kappa shape index (κ2) is 10.9. The summed E-state index contributed by atoms with van der Waals surface area (Å²) in [5, 5.41) is 9.66. The highest BCUT2D eigenvalue weighted by Gasteiger charge is 2.03. The van der Waals surface area contributed by atoms with Gasteiger partial charge >= 0.3 is 0 Å². The van der Waals surface area contributed by atoms with Gasteiger partial charge < -0.3 is 0 Å². The van der Waals surface area contributed by atoms with Crippen molar-refractivity contribution in [3.63, 3.8) is 0 Å². The molecule has 0 aromatic rings. The zero-order chi connectivity index (χ0) is 8.65. The number of hydrogen-bond acceptors (Lipinski definition) is 4. The maximum absolute atomic E-state index is 5.43. The molecule has 0 amide bonds. The smallest absolute Gasteiger partial charge is 0.0505 e. The fourth-order valence-corrected chi connectivity index (χ4v) is 1.12. The van der Waals surface area contributed by atoms with Crippen LogP contribution in [0.25, 0.3) is 0 Å². The van der Waals surface area contributed by atoms with Crippen LogP contribution in [0.5, 0.6) is 0 Å². The van der Waals surface area contributed by atoms with E-state index in [1.54, 1.807) is 5.54 Å². The van der Waals surface area contributed by atoms with Gasteiger partial charge in [-0.1, -0.05) is 32.5 Å². The third kappa shape index (κ3) is 7.29. The van der Waals surface area contributed by atoms with E-state index < -0.39 is 0 Å². The summed E-state index contributed by atoms with van der Waals surface area (Å²) in [6, 6.07) is 0. The molecule has 5 heteroatoms. The van der Waals surface area contributed by atoms with E-state index in [-0.39, 0.29) is 14.9 Å². The zero-order valence-corrected chi connectivity index (χ0v) is 9.19. The Hall–Kier alpha value is -0.130. The Kier molecular flexibility index (Phi) is 12.8. The van der Waals surface area contributed by atoms with Crippen LogP contribution in [0.4, 0.5) is 0 Å². The Labute approximate surface area is 92.7 Å². The maximum atomic E-state index is 5.43. The van der Waals surface area contributed by atoms with Gasteiger partial charge in [-0.2, -0.15) is 0 Å². The topological polar surface area (TPSA) is 39.3 Å². The van der Waals surface area contributed by atoms with Gasteiger partial charge in [-0.15, -0.1) is 0 Å². The molecule has 4 radical (unpaired) electrons. The molecule has 0 aliphatic carbocycles. The van der Waals surface area contributed by atoms with Crippen molar-refractivity contribution in [3.05, 3.63) is 26.5 Å². The molecule has 3 N–H and O–H groups in total. The molecule has 0 bridgehead atoms. The van der Waals surface area contributed by atoms with Crippen molar-refractivity contribution in [1.29, 1.82) is 0 Å². The minimum Gasteiger partial charge on any atom is -0.292 e. The Morgan fingerprint density at radius 2 is 1.64 bits per heavy atom. The molecule has 0 unspecified atom stereocenters. The van der Waals surface area contributed by atoms with Gasteiger partial charge in [0, 0.05) is 25.4 Å². The highest BCUT2D eigenvalue weighted by molar-refractivity contribution is 6.25. The second-order valence-corrected chi connectivity index (χ2v) is 2.89. The van der Waals surface area contributed by atoms with Crippen molar-refractivity contribution >= 4 is 11.6 Å². The Balaban J connectivity index is 0. The molecule has 0 atom stereocenters. The SMILES string of the molecule is ClC=CCN1CNCNCNC1.[CH2].[CH2]. The fraction of sp³-hybridized carbons (Fsp3) is 0.556. The molecule has 0 saturated carbocycles. The zero-order valence-electron chi connectivity index (χ0n) is 8.43. The summed E-state index contributed by atoms with van der Waals surface area (Å²) < 4.78 is 0. The van der Waals surface area contributed by atoms with Gasteiger partial charge in [-0.05, 0) is 0 Å². The molecule has 82 valence electrons. The summed E-state index contributed by atoms with van der Waals surface area (Å²) in [4.78, 5) is 2.22. The molecular weight excluding hydrogens is 200 g/mol. The van der Waals surface area contributed by atoms with Gasteiger partial charge in [0.05, 0.1) is 13.3 Å². The van der Waals surface area contributed by atoms with Gasteiger partial charge in [0.15, 0.2) is 0 Å². The lowest BCUT2D eigenvalue weighted by molar-refractivity contribution is 0.233. The van der Waals surface area contributed by atoms with Crippen LogP contribution in [0.3, 0.4) is 0 Å². The Bertz CT molecular complexity index is 133. The van der Waals surface area contributed by atoms with Crippen LogP contribution in [0.15, 0.2) is 11.6 Å². The monoisotopic (exact) mass is 218 g/mol. The summed E-state index contributed by atoms with van der Waals surface area (Å²) in [5.41, 5.74) is 1.55. The first-order valence-corrected chi connectivity index (χ1v) is 4.47. The molecule has 4 nitrogen and oxygen atoms in total. The molecule has 1 fully saturated rings. The van der Waals surface area contributed by atoms with Crippen molar-refractivity contribution < 1.29 is 0 Å². The lowest BCUT2D eigenvalue weighted by Gasteiger charge is -2.24. The van der Waals surface area contributed by atoms with E-state index in [2.05, 4.69) is 20.9 Å². The summed E-state index contributed by atoms with van der Waals surface area (Å²) >= 11 is 5.43. The average molecular weight is 219 g/mol. The minimum atomic E-state index is 0. The summed E-state index contributed by atoms with van der Waals surface area (Å²) in [6.45, 7) is 4.31. The van der Waals surface area contributed by atoms with Gasteiger partial charge in [-0.25, -0.2) is 0 Å². The summed E-state index contributed by atoms with van der Waals surface area (Å²) in [6.07, 6.45) is 1.93. The first-order valence-electron chi connectivity index (χ1n) is 4.03. The number of nitrogens with one attached hydrogen (secondary N) is 3. The number of halogens is 1. The van der Waals surface area contributed by atoms with Gasteiger partial charge in [0.25, 0.3) is 0 Å². The molecule has 14 heavy (non-hydrogen) atoms. The maximum Gasteiger partial charge on any atom is 0.0505 e. The first kappa shape index (κ1) is 16.3. The Morgan fingerprint density at radius 1 is 1.07 bits per heavy atom. The minimum absolute atomic E-state index is 0. The van der Waals surface area contributed by atoms with Crippen molar-refractivity contribution in [1.82, 2.24) is 20.9 Å². The molecule has 1 aliphatic heterocycles. The molecule has 0 aromatic carbocycles. The molecule has 1 saturated heterocycles. The molecule has 0 spiro atoms. The van der Waals surface area contributed by atoms with Crippen LogP contribution < -0.4 is 16.0 Å². The van der Waals surface area contributed by atoms with Crippen LogP contribution in [0.2, 0.25) is 0 Å². The van der Waals surface area contributed by atoms with Crippen molar-refractivity contribution in [2.45, 2.75) is 0 Å². The van der Waals surface area contributed by atoms with Crippen LogP contribution in [-0.4, -0.2) is 38.1 Å². The highest BCUT2D eigenvalue weighted by Crippen LogP contribution is 1.87. The van der Waals surface area contributed by atoms with E-state index in [1.165, 1.54) is 0 Å². The van der Waals surface area contributed by atoms with E-state index in [1.807, 2.05) is 6.08 Å².